The number of hydrogen-bond acceptors (Lipinski definition) is 4. The van der Waals surface area contributed by atoms with Crippen molar-refractivity contribution < 1.29 is 9.50 Å². The molecule has 0 amide bonds. The van der Waals surface area contributed by atoms with E-state index in [2.05, 4.69) is 15.4 Å². The zero-order valence-corrected chi connectivity index (χ0v) is 9.63. The number of tetrazole rings is 1. The normalized spacial score (nSPS) is 12.7. The summed E-state index contributed by atoms with van der Waals surface area (Å²) in [7, 11) is 1.65. The van der Waals surface area contributed by atoms with Gasteiger partial charge in [-0.3, -0.25) is 0 Å². The number of halogens is 1. The van der Waals surface area contributed by atoms with E-state index in [9.17, 15) is 9.50 Å². The van der Waals surface area contributed by atoms with Crippen molar-refractivity contribution in [2.45, 2.75) is 19.4 Å². The fourth-order valence-corrected chi connectivity index (χ4v) is 1.65. The van der Waals surface area contributed by atoms with Gasteiger partial charge in [0, 0.05) is 6.42 Å². The highest BCUT2D eigenvalue weighted by molar-refractivity contribution is 5.25. The summed E-state index contributed by atoms with van der Waals surface area (Å²) in [5.74, 6) is 0.0769. The van der Waals surface area contributed by atoms with E-state index in [4.69, 9.17) is 0 Å². The summed E-state index contributed by atoms with van der Waals surface area (Å²) in [5, 5.41) is 21.4. The quantitative estimate of drug-likeness (QED) is 0.861. The average molecular weight is 236 g/mol. The molecule has 0 saturated heterocycles. The van der Waals surface area contributed by atoms with E-state index in [-0.39, 0.29) is 12.2 Å². The van der Waals surface area contributed by atoms with Gasteiger partial charge in [-0.05, 0) is 35.4 Å². The summed E-state index contributed by atoms with van der Waals surface area (Å²) in [6.07, 6.45) is -0.606. The van der Waals surface area contributed by atoms with Gasteiger partial charge in [0.1, 0.15) is 5.82 Å². The second kappa shape index (κ2) is 4.58. The first kappa shape index (κ1) is 11.7. The van der Waals surface area contributed by atoms with Crippen molar-refractivity contribution in [1.82, 2.24) is 20.2 Å². The van der Waals surface area contributed by atoms with Crippen LogP contribution in [-0.2, 0) is 13.5 Å². The smallest absolute Gasteiger partial charge is 0.177 e. The van der Waals surface area contributed by atoms with Gasteiger partial charge in [-0.15, -0.1) is 10.2 Å². The summed E-state index contributed by atoms with van der Waals surface area (Å²) >= 11 is 0. The van der Waals surface area contributed by atoms with Crippen LogP contribution in [0.3, 0.4) is 0 Å². The standard InChI is InChI=1S/C11H13FN4O/c1-7-3-8(5-9(12)4-7)10(17)6-11-13-15-16(2)14-11/h3-5,10,17H,6H2,1-2H3. The second-order valence-electron chi connectivity index (χ2n) is 3.98. The van der Waals surface area contributed by atoms with Crippen LogP contribution in [0, 0.1) is 12.7 Å². The van der Waals surface area contributed by atoms with Crippen molar-refractivity contribution in [3.8, 4) is 0 Å². The van der Waals surface area contributed by atoms with Gasteiger partial charge in [0.2, 0.25) is 0 Å². The van der Waals surface area contributed by atoms with E-state index in [0.717, 1.165) is 5.56 Å². The molecule has 1 aromatic carbocycles. The van der Waals surface area contributed by atoms with Gasteiger partial charge >= 0.3 is 0 Å². The van der Waals surface area contributed by atoms with Crippen LogP contribution < -0.4 is 0 Å². The lowest BCUT2D eigenvalue weighted by Crippen LogP contribution is -2.04. The van der Waals surface area contributed by atoms with Crippen LogP contribution in [0.15, 0.2) is 18.2 Å². The van der Waals surface area contributed by atoms with Crippen molar-refractivity contribution in [2.24, 2.45) is 7.05 Å². The van der Waals surface area contributed by atoms with Crippen LogP contribution in [-0.4, -0.2) is 25.3 Å². The van der Waals surface area contributed by atoms with Gasteiger partial charge in [0.05, 0.1) is 13.2 Å². The maximum Gasteiger partial charge on any atom is 0.177 e. The molecule has 90 valence electrons. The fourth-order valence-electron chi connectivity index (χ4n) is 1.65. The maximum absolute atomic E-state index is 13.2. The Morgan fingerprint density at radius 2 is 2.18 bits per heavy atom. The number of aliphatic hydroxyl groups excluding tert-OH is 1. The van der Waals surface area contributed by atoms with Crippen molar-refractivity contribution in [1.29, 1.82) is 0 Å². The zero-order valence-electron chi connectivity index (χ0n) is 9.63. The van der Waals surface area contributed by atoms with Crippen LogP contribution in [0.25, 0.3) is 0 Å². The molecule has 6 heteroatoms. The Balaban J connectivity index is 2.16. The molecule has 2 aromatic rings. The third kappa shape index (κ3) is 2.85. The monoisotopic (exact) mass is 236 g/mol. The molecule has 1 aromatic heterocycles. The highest BCUT2D eigenvalue weighted by Crippen LogP contribution is 2.19. The highest BCUT2D eigenvalue weighted by atomic mass is 19.1. The number of aromatic nitrogens is 4. The van der Waals surface area contributed by atoms with Gasteiger partial charge in [0.15, 0.2) is 5.82 Å². The Hall–Kier alpha value is -1.82. The fraction of sp³-hybridized carbons (Fsp3) is 0.364. The van der Waals surface area contributed by atoms with E-state index in [0.29, 0.717) is 11.4 Å². The molecule has 1 unspecified atom stereocenters. The maximum atomic E-state index is 13.2. The molecule has 0 aliphatic rings. The molecule has 1 atom stereocenters. The minimum atomic E-state index is -0.825. The molecule has 0 radical (unpaired) electrons. The Kier molecular flexibility index (Phi) is 3.14. The first-order chi connectivity index (χ1) is 8.04. The van der Waals surface area contributed by atoms with Crippen LogP contribution in [0.4, 0.5) is 4.39 Å². The Morgan fingerprint density at radius 1 is 1.41 bits per heavy atom. The number of aryl methyl sites for hydroxylation is 2. The number of aliphatic hydroxyl groups is 1. The highest BCUT2D eigenvalue weighted by Gasteiger charge is 2.13. The lowest BCUT2D eigenvalue weighted by Gasteiger charge is -2.09. The molecule has 1 heterocycles. The van der Waals surface area contributed by atoms with Crippen molar-refractivity contribution in [3.05, 3.63) is 41.0 Å². The molecule has 0 aliphatic carbocycles. The van der Waals surface area contributed by atoms with E-state index in [1.807, 2.05) is 0 Å². The molecule has 0 spiro atoms. The Morgan fingerprint density at radius 3 is 2.76 bits per heavy atom. The van der Waals surface area contributed by atoms with E-state index in [1.54, 1.807) is 20.0 Å². The second-order valence-corrected chi connectivity index (χ2v) is 3.98. The number of nitrogens with zero attached hydrogens (tertiary/aromatic N) is 4. The Bertz CT molecular complexity index is 506. The summed E-state index contributed by atoms with van der Waals surface area (Å²) < 4.78 is 13.2. The zero-order chi connectivity index (χ0) is 12.4. The molecule has 0 aliphatic heterocycles. The molecule has 2 rings (SSSR count). The van der Waals surface area contributed by atoms with E-state index in [1.165, 1.54) is 16.9 Å². The van der Waals surface area contributed by atoms with Gasteiger partial charge in [0.25, 0.3) is 0 Å². The lowest BCUT2D eigenvalue weighted by atomic mass is 10.0. The first-order valence-corrected chi connectivity index (χ1v) is 5.22. The summed E-state index contributed by atoms with van der Waals surface area (Å²) in [6.45, 7) is 1.78. The van der Waals surface area contributed by atoms with Crippen LogP contribution in [0.5, 0.6) is 0 Å². The van der Waals surface area contributed by atoms with Crippen molar-refractivity contribution in [3.63, 3.8) is 0 Å². The van der Waals surface area contributed by atoms with E-state index < -0.39 is 6.10 Å². The third-order valence-corrected chi connectivity index (χ3v) is 2.37. The Labute approximate surface area is 97.9 Å². The van der Waals surface area contributed by atoms with Gasteiger partial charge in [-0.2, -0.15) is 4.80 Å². The van der Waals surface area contributed by atoms with Gasteiger partial charge in [-0.25, -0.2) is 4.39 Å². The molecule has 5 nitrogen and oxygen atoms in total. The molecule has 0 saturated carbocycles. The molecule has 0 bridgehead atoms. The molecule has 1 N–H and O–H groups in total. The third-order valence-electron chi connectivity index (χ3n) is 2.37. The molecule has 0 fully saturated rings. The predicted octanol–water partition coefficient (Wildman–Crippen LogP) is 0.934. The predicted molar refractivity (Wildman–Crippen MR) is 58.6 cm³/mol. The number of benzene rings is 1. The minimum absolute atomic E-state index is 0.219. The summed E-state index contributed by atoms with van der Waals surface area (Å²) in [4.78, 5) is 1.32. The lowest BCUT2D eigenvalue weighted by molar-refractivity contribution is 0.175. The average Bonchev–Trinajstić information content (AvgIpc) is 2.62. The van der Waals surface area contributed by atoms with Gasteiger partial charge in [-0.1, -0.05) is 6.07 Å². The van der Waals surface area contributed by atoms with Gasteiger partial charge < -0.3 is 5.11 Å². The number of hydrogen-bond donors (Lipinski definition) is 1. The summed E-state index contributed by atoms with van der Waals surface area (Å²) in [5.41, 5.74) is 1.29. The largest absolute Gasteiger partial charge is 0.388 e. The SMILES string of the molecule is Cc1cc(F)cc(C(O)Cc2nnn(C)n2)c1. The molecular formula is C11H13FN4O. The van der Waals surface area contributed by atoms with Crippen molar-refractivity contribution in [2.75, 3.05) is 0 Å². The molecular weight excluding hydrogens is 223 g/mol. The van der Waals surface area contributed by atoms with Crippen LogP contribution >= 0.6 is 0 Å². The summed E-state index contributed by atoms with van der Waals surface area (Å²) in [6, 6.07) is 4.47. The van der Waals surface area contributed by atoms with Crippen LogP contribution in [0.1, 0.15) is 23.1 Å². The minimum Gasteiger partial charge on any atom is -0.388 e. The van der Waals surface area contributed by atoms with Crippen LogP contribution in [0.2, 0.25) is 0 Å². The van der Waals surface area contributed by atoms with Crippen molar-refractivity contribution >= 4 is 0 Å². The molecule has 17 heavy (non-hydrogen) atoms. The first-order valence-electron chi connectivity index (χ1n) is 5.22. The topological polar surface area (TPSA) is 63.8 Å². The van der Waals surface area contributed by atoms with E-state index >= 15 is 0 Å². The number of rotatable bonds is 3.